The van der Waals surface area contributed by atoms with Crippen LogP contribution in [0.3, 0.4) is 0 Å². The quantitative estimate of drug-likeness (QED) is 0.405. The van der Waals surface area contributed by atoms with Crippen LogP contribution in [0.25, 0.3) is 0 Å². The van der Waals surface area contributed by atoms with Crippen molar-refractivity contribution in [2.45, 2.75) is 46.8 Å². The van der Waals surface area contributed by atoms with Gasteiger partial charge >= 0.3 is 5.97 Å². The van der Waals surface area contributed by atoms with Gasteiger partial charge in [-0.2, -0.15) is 5.06 Å². The zero-order valence-corrected chi connectivity index (χ0v) is 16.1. The van der Waals surface area contributed by atoms with E-state index in [2.05, 4.69) is 0 Å². The molecule has 0 saturated heterocycles. The lowest BCUT2D eigenvalue weighted by Gasteiger charge is -2.19. The molecule has 1 atom stereocenters. The van der Waals surface area contributed by atoms with Crippen molar-refractivity contribution in [3.05, 3.63) is 0 Å². The van der Waals surface area contributed by atoms with Crippen molar-refractivity contribution in [2.75, 3.05) is 32.8 Å². The van der Waals surface area contributed by atoms with Crippen molar-refractivity contribution in [1.29, 1.82) is 0 Å². The number of hydroxylamine groups is 4. The second kappa shape index (κ2) is 15.5. The van der Waals surface area contributed by atoms with Crippen LogP contribution in [-0.2, 0) is 14.4 Å². The maximum atomic E-state index is 11.3. The Kier molecular flexibility index (Phi) is 16.8. The van der Waals surface area contributed by atoms with E-state index in [9.17, 15) is 4.79 Å². The van der Waals surface area contributed by atoms with Gasteiger partial charge in [0, 0.05) is 26.2 Å². The van der Waals surface area contributed by atoms with Gasteiger partial charge in [-0.15, -0.1) is 5.06 Å². The topological polar surface area (TPSA) is 62.2 Å². The zero-order chi connectivity index (χ0) is 17.5. The molecule has 0 aromatic heterocycles. The first-order chi connectivity index (χ1) is 10.4. The summed E-state index contributed by atoms with van der Waals surface area (Å²) in [5.41, 5.74) is 0. The normalized spacial score (nSPS) is 11.7. The molecule has 0 amide bonds. The number of hydrogen-bond donors (Lipinski definition) is 1. The number of thiocarbonyl (C=S) groups is 1. The van der Waals surface area contributed by atoms with E-state index in [1.807, 2.05) is 27.7 Å². The minimum absolute atomic E-state index is 0.266. The highest BCUT2D eigenvalue weighted by Crippen LogP contribution is 2.16. The third kappa shape index (κ3) is 13.3. The van der Waals surface area contributed by atoms with E-state index in [0.29, 0.717) is 11.0 Å². The van der Waals surface area contributed by atoms with Gasteiger partial charge < -0.3 is 14.8 Å². The molecule has 0 rings (SSSR count). The molecule has 8 heteroatoms. The first-order valence-corrected chi connectivity index (χ1v) is 8.88. The summed E-state index contributed by atoms with van der Waals surface area (Å²) < 4.78 is 5.22. The third-order valence-corrected chi connectivity index (χ3v) is 3.71. The van der Waals surface area contributed by atoms with Crippen LogP contribution in [0, 0.1) is 0 Å². The molecular weight excluding hydrogens is 324 g/mol. The van der Waals surface area contributed by atoms with E-state index in [1.165, 1.54) is 16.8 Å². The Bertz CT molecular complexity index is 299. The largest absolute Gasteiger partial charge is 0.465 e. The van der Waals surface area contributed by atoms with Gasteiger partial charge in [0.15, 0.2) is 0 Å². The van der Waals surface area contributed by atoms with Crippen LogP contribution in [0.15, 0.2) is 0 Å². The van der Waals surface area contributed by atoms with Gasteiger partial charge in [0.05, 0.1) is 6.61 Å². The molecule has 0 spiro atoms. The van der Waals surface area contributed by atoms with Crippen molar-refractivity contribution >= 4 is 34.3 Å². The SMILES string of the molecule is CCN(O)CC.CCOC(=O)C(C)SC(=S)ON(CC)CC. The lowest BCUT2D eigenvalue weighted by Crippen LogP contribution is -2.27. The zero-order valence-electron chi connectivity index (χ0n) is 14.5. The lowest BCUT2D eigenvalue weighted by atomic mass is 10.5. The first-order valence-electron chi connectivity index (χ1n) is 7.59. The molecule has 6 nitrogen and oxygen atoms in total. The van der Waals surface area contributed by atoms with Crippen molar-refractivity contribution in [1.82, 2.24) is 10.1 Å². The van der Waals surface area contributed by atoms with Crippen LogP contribution >= 0.6 is 24.0 Å². The van der Waals surface area contributed by atoms with Gasteiger partial charge in [-0.3, -0.25) is 4.79 Å². The van der Waals surface area contributed by atoms with Gasteiger partial charge in [0.25, 0.3) is 0 Å². The van der Waals surface area contributed by atoms with Gasteiger partial charge in [0.2, 0.25) is 4.38 Å². The van der Waals surface area contributed by atoms with Crippen molar-refractivity contribution < 1.29 is 19.6 Å². The molecule has 132 valence electrons. The van der Waals surface area contributed by atoms with Gasteiger partial charge in [-0.1, -0.05) is 25.6 Å². The molecule has 0 saturated carbocycles. The fourth-order valence-electron chi connectivity index (χ4n) is 1.16. The molecule has 0 heterocycles. The van der Waals surface area contributed by atoms with E-state index >= 15 is 0 Å². The van der Waals surface area contributed by atoms with Crippen LogP contribution in [-0.4, -0.2) is 63.7 Å². The second-order valence-electron chi connectivity index (χ2n) is 4.11. The van der Waals surface area contributed by atoms with Gasteiger partial charge in [0.1, 0.15) is 5.25 Å². The molecule has 1 unspecified atom stereocenters. The predicted octanol–water partition coefficient (Wildman–Crippen LogP) is 2.95. The molecule has 0 aromatic rings. The number of carbonyl (C=O) groups is 1. The van der Waals surface area contributed by atoms with Crippen LogP contribution in [0.4, 0.5) is 0 Å². The summed E-state index contributed by atoms with van der Waals surface area (Å²) in [5, 5.41) is 11.1. The Morgan fingerprint density at radius 1 is 1.14 bits per heavy atom. The molecular formula is C14H30N2O4S2. The Hall–Kier alpha value is -0.410. The molecule has 0 aliphatic rings. The summed E-state index contributed by atoms with van der Waals surface area (Å²) in [7, 11) is 0. The molecule has 0 fully saturated rings. The van der Waals surface area contributed by atoms with Gasteiger partial charge in [-0.25, -0.2) is 0 Å². The van der Waals surface area contributed by atoms with Crippen LogP contribution in [0.2, 0.25) is 0 Å². The van der Waals surface area contributed by atoms with E-state index in [0.717, 1.165) is 26.2 Å². The monoisotopic (exact) mass is 354 g/mol. The summed E-state index contributed by atoms with van der Waals surface area (Å²) in [6, 6.07) is 0. The van der Waals surface area contributed by atoms with Crippen LogP contribution in [0.5, 0.6) is 0 Å². The Morgan fingerprint density at radius 2 is 1.64 bits per heavy atom. The number of esters is 1. The maximum Gasteiger partial charge on any atom is 0.319 e. The van der Waals surface area contributed by atoms with Crippen LogP contribution in [0.1, 0.15) is 41.5 Å². The Balaban J connectivity index is 0. The highest BCUT2D eigenvalue weighted by molar-refractivity contribution is 8.23. The minimum Gasteiger partial charge on any atom is -0.465 e. The Morgan fingerprint density at radius 3 is 1.95 bits per heavy atom. The Labute approximate surface area is 144 Å². The molecule has 1 N–H and O–H groups in total. The number of ether oxygens (including phenoxy) is 1. The number of hydrogen-bond acceptors (Lipinski definition) is 8. The van der Waals surface area contributed by atoms with Crippen molar-refractivity contribution in [3.63, 3.8) is 0 Å². The third-order valence-electron chi connectivity index (χ3n) is 2.53. The summed E-state index contributed by atoms with van der Waals surface area (Å²) >= 11 is 6.23. The smallest absolute Gasteiger partial charge is 0.319 e. The molecule has 0 aliphatic carbocycles. The number of thioether (sulfide) groups is 1. The van der Waals surface area contributed by atoms with E-state index in [1.54, 1.807) is 18.9 Å². The number of carbonyl (C=O) groups excluding carboxylic acids is 1. The number of nitrogens with zero attached hydrogens (tertiary/aromatic N) is 2. The van der Waals surface area contributed by atoms with Crippen LogP contribution < -0.4 is 0 Å². The number of rotatable bonds is 8. The fourth-order valence-corrected chi connectivity index (χ4v) is 2.30. The van der Waals surface area contributed by atoms with Gasteiger partial charge in [-0.05, 0) is 39.9 Å². The summed E-state index contributed by atoms with van der Waals surface area (Å²) in [6.07, 6.45) is 0. The predicted molar refractivity (Wildman–Crippen MR) is 95.0 cm³/mol. The maximum absolute atomic E-state index is 11.3. The molecule has 0 radical (unpaired) electrons. The summed E-state index contributed by atoms with van der Waals surface area (Å²) in [5.74, 6) is -0.266. The fraction of sp³-hybridized carbons (Fsp3) is 0.857. The first kappa shape index (κ1) is 23.9. The molecule has 22 heavy (non-hydrogen) atoms. The van der Waals surface area contributed by atoms with E-state index < -0.39 is 0 Å². The molecule has 0 aromatic carbocycles. The highest BCUT2D eigenvalue weighted by atomic mass is 32.2. The molecule has 0 bridgehead atoms. The lowest BCUT2D eigenvalue weighted by molar-refractivity contribution is -0.142. The molecule has 0 aliphatic heterocycles. The summed E-state index contributed by atoms with van der Waals surface area (Å²) in [4.78, 5) is 16.7. The standard InChI is InChI=1S/C10H19NO3S2.C4H11NO/c1-5-11(6-2)14-10(15)16-8(4)9(12)13-7-3;1-3-5(6)4-2/h8H,5-7H2,1-4H3;6H,3-4H2,1-2H3. The average Bonchev–Trinajstić information content (AvgIpc) is 2.52. The van der Waals surface area contributed by atoms with E-state index in [4.69, 9.17) is 27.0 Å². The second-order valence-corrected chi connectivity index (χ2v) is 6.05. The van der Waals surface area contributed by atoms with Crippen molar-refractivity contribution in [2.24, 2.45) is 0 Å². The summed E-state index contributed by atoms with van der Waals surface area (Å²) in [6.45, 7) is 14.6. The highest BCUT2D eigenvalue weighted by Gasteiger charge is 2.18. The van der Waals surface area contributed by atoms with E-state index in [-0.39, 0.29) is 11.2 Å². The average molecular weight is 355 g/mol. The van der Waals surface area contributed by atoms with Crippen molar-refractivity contribution in [3.8, 4) is 0 Å². The minimum atomic E-state index is -0.331.